The lowest BCUT2D eigenvalue weighted by atomic mass is 9.89. The van der Waals surface area contributed by atoms with Gasteiger partial charge in [0.2, 0.25) is 5.91 Å². The summed E-state index contributed by atoms with van der Waals surface area (Å²) >= 11 is 0. The third-order valence-electron chi connectivity index (χ3n) is 4.80. The van der Waals surface area contributed by atoms with E-state index in [9.17, 15) is 4.79 Å². The van der Waals surface area contributed by atoms with E-state index in [4.69, 9.17) is 5.73 Å². The van der Waals surface area contributed by atoms with Gasteiger partial charge in [-0.15, -0.1) is 0 Å². The van der Waals surface area contributed by atoms with Crippen LogP contribution in [0, 0.1) is 0 Å². The predicted molar refractivity (Wildman–Crippen MR) is 95.0 cm³/mol. The summed E-state index contributed by atoms with van der Waals surface area (Å²) in [5.74, 6) is -0.0292. The van der Waals surface area contributed by atoms with E-state index < -0.39 is 6.04 Å². The number of benzene rings is 1. The fraction of sp³-hybridized carbons (Fsp3) is 0.632. The summed E-state index contributed by atoms with van der Waals surface area (Å²) < 4.78 is 0. The molecule has 0 aromatic heterocycles. The average Bonchev–Trinajstić information content (AvgIpc) is 2.54. The zero-order valence-electron chi connectivity index (χ0n) is 14.7. The summed E-state index contributed by atoms with van der Waals surface area (Å²) in [5, 5.41) is 3.07. The Bertz CT molecular complexity index is 479. The number of hydrogen-bond acceptors (Lipinski definition) is 3. The number of rotatable bonds is 6. The molecule has 3 N–H and O–H groups in total. The number of carbonyl (C=O) groups is 1. The van der Waals surface area contributed by atoms with Crippen LogP contribution in [-0.2, 0) is 11.3 Å². The second kappa shape index (κ2) is 8.46. The van der Waals surface area contributed by atoms with Gasteiger partial charge in [-0.2, -0.15) is 0 Å². The quantitative estimate of drug-likeness (QED) is 0.848. The Kier molecular flexibility index (Phi) is 6.60. The molecule has 0 unspecified atom stereocenters. The fourth-order valence-electron chi connectivity index (χ4n) is 3.41. The summed E-state index contributed by atoms with van der Waals surface area (Å²) in [6.45, 7) is 7.28. The molecule has 0 heterocycles. The Morgan fingerprint density at radius 2 is 1.78 bits per heavy atom. The Hall–Kier alpha value is -1.39. The third-order valence-corrected chi connectivity index (χ3v) is 4.80. The van der Waals surface area contributed by atoms with E-state index in [2.05, 4.69) is 54.4 Å². The monoisotopic (exact) mass is 317 g/mol. The van der Waals surface area contributed by atoms with Crippen LogP contribution in [0.4, 0.5) is 0 Å². The molecule has 1 aliphatic rings. The Balaban J connectivity index is 1.89. The van der Waals surface area contributed by atoms with Crippen molar-refractivity contribution in [2.24, 2.45) is 5.73 Å². The smallest absolute Gasteiger partial charge is 0.236 e. The van der Waals surface area contributed by atoms with Gasteiger partial charge in [0.1, 0.15) is 0 Å². The summed E-state index contributed by atoms with van der Waals surface area (Å²) in [6, 6.07) is 11.7. The normalized spacial score (nSPS) is 23.0. The van der Waals surface area contributed by atoms with Crippen LogP contribution in [0.2, 0.25) is 0 Å². The molecular formula is C19H31N3O. The summed E-state index contributed by atoms with van der Waals surface area (Å²) in [5.41, 5.74) is 7.00. The summed E-state index contributed by atoms with van der Waals surface area (Å²) in [7, 11) is 0. The maximum absolute atomic E-state index is 11.7. The maximum Gasteiger partial charge on any atom is 0.236 e. The molecule has 2 rings (SSSR count). The van der Waals surface area contributed by atoms with Crippen LogP contribution in [0.1, 0.15) is 52.0 Å². The molecule has 1 aromatic carbocycles. The molecule has 0 spiro atoms. The fourth-order valence-corrected chi connectivity index (χ4v) is 3.41. The third kappa shape index (κ3) is 5.33. The van der Waals surface area contributed by atoms with Crippen molar-refractivity contribution >= 4 is 5.91 Å². The number of amides is 1. The van der Waals surface area contributed by atoms with Gasteiger partial charge in [-0.05, 0) is 52.0 Å². The lowest BCUT2D eigenvalue weighted by Gasteiger charge is -2.39. The van der Waals surface area contributed by atoms with Crippen molar-refractivity contribution in [3.05, 3.63) is 35.9 Å². The highest BCUT2D eigenvalue weighted by Crippen LogP contribution is 2.26. The Morgan fingerprint density at radius 1 is 1.17 bits per heavy atom. The summed E-state index contributed by atoms with van der Waals surface area (Å²) in [6.07, 6.45) is 4.35. The first kappa shape index (κ1) is 18.0. The molecule has 1 aliphatic carbocycles. The second-order valence-electron chi connectivity index (χ2n) is 7.05. The van der Waals surface area contributed by atoms with Crippen LogP contribution >= 0.6 is 0 Å². The minimum atomic E-state index is -0.419. The first-order valence-electron chi connectivity index (χ1n) is 8.83. The molecule has 0 radical (unpaired) electrons. The highest BCUT2D eigenvalue weighted by molar-refractivity contribution is 5.81. The van der Waals surface area contributed by atoms with E-state index in [-0.39, 0.29) is 11.9 Å². The van der Waals surface area contributed by atoms with E-state index in [1.54, 1.807) is 6.92 Å². The molecule has 0 bridgehead atoms. The van der Waals surface area contributed by atoms with Gasteiger partial charge in [-0.25, -0.2) is 0 Å². The zero-order chi connectivity index (χ0) is 16.8. The van der Waals surface area contributed by atoms with Gasteiger partial charge in [0.25, 0.3) is 0 Å². The number of nitrogens with two attached hydrogens (primary N) is 1. The largest absolute Gasteiger partial charge is 0.352 e. The topological polar surface area (TPSA) is 58.4 Å². The predicted octanol–water partition coefficient (Wildman–Crippen LogP) is 2.67. The van der Waals surface area contributed by atoms with Crippen molar-refractivity contribution in [1.82, 2.24) is 10.2 Å². The molecule has 4 nitrogen and oxygen atoms in total. The van der Waals surface area contributed by atoms with E-state index in [0.717, 1.165) is 32.2 Å². The van der Waals surface area contributed by atoms with Gasteiger partial charge in [0.05, 0.1) is 6.04 Å². The van der Waals surface area contributed by atoms with Crippen molar-refractivity contribution in [1.29, 1.82) is 0 Å². The zero-order valence-corrected chi connectivity index (χ0v) is 14.7. The van der Waals surface area contributed by atoms with Gasteiger partial charge in [0.15, 0.2) is 0 Å². The van der Waals surface area contributed by atoms with Crippen LogP contribution in [0.3, 0.4) is 0 Å². The highest BCUT2D eigenvalue weighted by atomic mass is 16.2. The lowest BCUT2D eigenvalue weighted by Crippen LogP contribution is -2.48. The van der Waals surface area contributed by atoms with Gasteiger partial charge in [0, 0.05) is 24.7 Å². The molecular weight excluding hydrogens is 286 g/mol. The molecule has 23 heavy (non-hydrogen) atoms. The van der Waals surface area contributed by atoms with Crippen LogP contribution in [0.15, 0.2) is 30.3 Å². The lowest BCUT2D eigenvalue weighted by molar-refractivity contribution is -0.123. The second-order valence-corrected chi connectivity index (χ2v) is 7.05. The molecule has 1 amide bonds. The molecule has 4 heteroatoms. The van der Waals surface area contributed by atoms with E-state index >= 15 is 0 Å². The SMILES string of the molecule is CC(C)N(Cc1ccccc1)C1CCC(NC(=O)[C@H](C)N)CC1. The van der Waals surface area contributed by atoms with Crippen molar-refractivity contribution in [3.8, 4) is 0 Å². The van der Waals surface area contributed by atoms with Gasteiger partial charge >= 0.3 is 0 Å². The molecule has 1 fully saturated rings. The highest BCUT2D eigenvalue weighted by Gasteiger charge is 2.28. The molecule has 1 saturated carbocycles. The summed E-state index contributed by atoms with van der Waals surface area (Å²) in [4.78, 5) is 14.3. The van der Waals surface area contributed by atoms with Crippen molar-refractivity contribution in [3.63, 3.8) is 0 Å². The van der Waals surface area contributed by atoms with Gasteiger partial charge in [-0.1, -0.05) is 30.3 Å². The van der Waals surface area contributed by atoms with E-state index in [1.165, 1.54) is 5.56 Å². The molecule has 1 atom stereocenters. The molecule has 1 aromatic rings. The minimum absolute atomic E-state index is 0.0292. The molecule has 0 aliphatic heterocycles. The standard InChI is InChI=1S/C19H31N3O/c1-14(2)22(13-16-7-5-4-6-8-16)18-11-9-17(10-12-18)21-19(23)15(3)20/h4-8,14-15,17-18H,9-13,20H2,1-3H3,(H,21,23)/t15-,17?,18?/m0/s1. The minimum Gasteiger partial charge on any atom is -0.352 e. The Morgan fingerprint density at radius 3 is 2.30 bits per heavy atom. The van der Waals surface area contributed by atoms with Crippen LogP contribution in [0.25, 0.3) is 0 Å². The first-order chi connectivity index (χ1) is 11.0. The van der Waals surface area contributed by atoms with Crippen LogP contribution < -0.4 is 11.1 Å². The molecule has 128 valence electrons. The van der Waals surface area contributed by atoms with Gasteiger partial charge in [-0.3, -0.25) is 9.69 Å². The van der Waals surface area contributed by atoms with Gasteiger partial charge < -0.3 is 11.1 Å². The first-order valence-corrected chi connectivity index (χ1v) is 8.83. The van der Waals surface area contributed by atoms with Crippen molar-refractivity contribution < 1.29 is 4.79 Å². The van der Waals surface area contributed by atoms with Crippen LogP contribution in [0.5, 0.6) is 0 Å². The maximum atomic E-state index is 11.7. The Labute approximate surface area is 140 Å². The van der Waals surface area contributed by atoms with Crippen LogP contribution in [-0.4, -0.2) is 35.0 Å². The van der Waals surface area contributed by atoms with E-state index in [0.29, 0.717) is 12.1 Å². The van der Waals surface area contributed by atoms with Crippen molar-refractivity contribution in [2.45, 2.75) is 77.2 Å². The van der Waals surface area contributed by atoms with Crippen molar-refractivity contribution in [2.75, 3.05) is 0 Å². The number of hydrogen-bond donors (Lipinski definition) is 2. The number of carbonyl (C=O) groups excluding carboxylic acids is 1. The number of nitrogens with zero attached hydrogens (tertiary/aromatic N) is 1. The molecule has 0 saturated heterocycles. The number of nitrogens with one attached hydrogen (secondary N) is 1. The average molecular weight is 317 g/mol. The van der Waals surface area contributed by atoms with E-state index in [1.807, 2.05) is 0 Å².